The molecule has 0 aromatic carbocycles. The number of alkyl halides is 5. The Balaban J connectivity index is 2.15. The SMILES string of the molecule is CC(C)N1C[C@H](Oc2cc(C(F)(F)F)ncn2)C(F)(F)C1. The molecule has 0 bridgehead atoms. The third kappa shape index (κ3) is 3.58. The Labute approximate surface area is 117 Å². The summed E-state index contributed by atoms with van der Waals surface area (Å²) in [6, 6.07) is 0.411. The second-order valence-electron chi connectivity index (χ2n) is 5.13. The number of likely N-dealkylation sites (tertiary alicyclic amines) is 1. The number of rotatable bonds is 3. The summed E-state index contributed by atoms with van der Waals surface area (Å²) in [5.74, 6) is -3.65. The van der Waals surface area contributed by atoms with Crippen molar-refractivity contribution in [3.8, 4) is 5.88 Å². The number of nitrogens with zero attached hydrogens (tertiary/aromatic N) is 3. The Morgan fingerprint density at radius 1 is 1.33 bits per heavy atom. The molecule has 0 amide bonds. The first-order chi connectivity index (χ1) is 9.59. The standard InChI is InChI=1S/C12H14F5N3O/c1-7(2)20-4-9(11(13,14)5-20)21-10-3-8(12(15,16)17)18-6-19-10/h3,6-7,9H,4-5H2,1-2H3/t9-/m0/s1. The minimum atomic E-state index is -4.68. The Hall–Kier alpha value is -1.51. The van der Waals surface area contributed by atoms with E-state index >= 15 is 0 Å². The molecule has 1 aromatic heterocycles. The van der Waals surface area contributed by atoms with Crippen LogP contribution in [0.15, 0.2) is 12.4 Å². The maximum absolute atomic E-state index is 13.8. The molecule has 118 valence electrons. The molecule has 0 unspecified atom stereocenters. The molecule has 1 aliphatic heterocycles. The van der Waals surface area contributed by atoms with Crippen LogP contribution in [0.3, 0.4) is 0 Å². The van der Waals surface area contributed by atoms with Crippen molar-refractivity contribution in [2.24, 2.45) is 0 Å². The van der Waals surface area contributed by atoms with E-state index in [0.29, 0.717) is 12.4 Å². The first kappa shape index (κ1) is 15.9. The Morgan fingerprint density at radius 2 is 2.00 bits per heavy atom. The summed E-state index contributed by atoms with van der Waals surface area (Å²) in [6.07, 6.45) is -5.56. The zero-order valence-electron chi connectivity index (χ0n) is 11.4. The van der Waals surface area contributed by atoms with Crippen LogP contribution in [-0.4, -0.2) is 46.0 Å². The van der Waals surface area contributed by atoms with Gasteiger partial charge in [-0.15, -0.1) is 0 Å². The highest BCUT2D eigenvalue weighted by Crippen LogP contribution is 2.33. The molecule has 9 heteroatoms. The zero-order chi connectivity index (χ0) is 15.8. The van der Waals surface area contributed by atoms with Crippen LogP contribution in [0.5, 0.6) is 5.88 Å². The van der Waals surface area contributed by atoms with Gasteiger partial charge >= 0.3 is 6.18 Å². The molecule has 2 rings (SSSR count). The summed E-state index contributed by atoms with van der Waals surface area (Å²) in [5.41, 5.74) is -1.23. The van der Waals surface area contributed by atoms with Crippen LogP contribution in [0.25, 0.3) is 0 Å². The molecule has 1 aromatic rings. The summed E-state index contributed by atoms with van der Waals surface area (Å²) in [7, 11) is 0. The van der Waals surface area contributed by atoms with E-state index in [1.807, 2.05) is 0 Å². The van der Waals surface area contributed by atoms with Crippen molar-refractivity contribution < 1.29 is 26.7 Å². The summed E-state index contributed by atoms with van der Waals surface area (Å²) in [5, 5.41) is 0. The van der Waals surface area contributed by atoms with Crippen molar-refractivity contribution in [1.82, 2.24) is 14.9 Å². The molecule has 1 atom stereocenters. The van der Waals surface area contributed by atoms with Gasteiger partial charge in [0, 0.05) is 18.7 Å². The summed E-state index contributed by atoms with van der Waals surface area (Å²) >= 11 is 0. The van der Waals surface area contributed by atoms with Gasteiger partial charge in [-0.25, -0.2) is 18.7 Å². The molecule has 1 aliphatic rings. The molecular weight excluding hydrogens is 297 g/mol. The van der Waals surface area contributed by atoms with E-state index in [0.717, 1.165) is 0 Å². The average molecular weight is 311 g/mol. The fourth-order valence-corrected chi connectivity index (χ4v) is 2.01. The molecule has 4 nitrogen and oxygen atoms in total. The highest BCUT2D eigenvalue weighted by Gasteiger charge is 2.50. The van der Waals surface area contributed by atoms with E-state index in [-0.39, 0.29) is 12.6 Å². The van der Waals surface area contributed by atoms with E-state index in [9.17, 15) is 22.0 Å². The Kier molecular flexibility index (Phi) is 4.05. The molecule has 0 spiro atoms. The first-order valence-corrected chi connectivity index (χ1v) is 6.27. The zero-order valence-corrected chi connectivity index (χ0v) is 11.4. The number of hydrogen-bond donors (Lipinski definition) is 0. The molecule has 0 aliphatic carbocycles. The lowest BCUT2D eigenvalue weighted by Gasteiger charge is -2.19. The van der Waals surface area contributed by atoms with Crippen LogP contribution in [0.1, 0.15) is 19.5 Å². The van der Waals surface area contributed by atoms with Gasteiger partial charge in [-0.05, 0) is 13.8 Å². The number of aromatic nitrogens is 2. The van der Waals surface area contributed by atoms with E-state index in [1.54, 1.807) is 13.8 Å². The number of ether oxygens (including phenoxy) is 1. The van der Waals surface area contributed by atoms with Crippen molar-refractivity contribution >= 4 is 0 Å². The molecular formula is C12H14F5N3O. The van der Waals surface area contributed by atoms with Crippen molar-refractivity contribution in [1.29, 1.82) is 0 Å². The third-order valence-corrected chi connectivity index (χ3v) is 3.21. The molecule has 0 saturated carbocycles. The van der Waals surface area contributed by atoms with Gasteiger partial charge in [0.05, 0.1) is 6.54 Å². The van der Waals surface area contributed by atoms with Crippen LogP contribution in [-0.2, 0) is 6.18 Å². The summed E-state index contributed by atoms with van der Waals surface area (Å²) in [6.45, 7) is 2.94. The molecule has 0 N–H and O–H groups in total. The van der Waals surface area contributed by atoms with Gasteiger partial charge in [0.25, 0.3) is 5.92 Å². The molecule has 0 radical (unpaired) electrons. The maximum atomic E-state index is 13.8. The van der Waals surface area contributed by atoms with E-state index in [4.69, 9.17) is 4.74 Å². The lowest BCUT2D eigenvalue weighted by Crippen LogP contribution is -2.36. The topological polar surface area (TPSA) is 38.2 Å². The van der Waals surface area contributed by atoms with Crippen LogP contribution in [0.4, 0.5) is 22.0 Å². The lowest BCUT2D eigenvalue weighted by atomic mass is 10.2. The number of hydrogen-bond acceptors (Lipinski definition) is 4. The Morgan fingerprint density at radius 3 is 2.52 bits per heavy atom. The monoisotopic (exact) mass is 311 g/mol. The van der Waals surface area contributed by atoms with Crippen LogP contribution >= 0.6 is 0 Å². The minimum Gasteiger partial charge on any atom is -0.466 e. The predicted molar refractivity (Wildman–Crippen MR) is 63.1 cm³/mol. The third-order valence-electron chi connectivity index (χ3n) is 3.21. The summed E-state index contributed by atoms with van der Waals surface area (Å²) < 4.78 is 70.1. The Bertz CT molecular complexity index is 506. The molecule has 2 heterocycles. The van der Waals surface area contributed by atoms with Gasteiger partial charge in [-0.1, -0.05) is 0 Å². The van der Waals surface area contributed by atoms with Crippen LogP contribution in [0.2, 0.25) is 0 Å². The van der Waals surface area contributed by atoms with Crippen LogP contribution in [0, 0.1) is 0 Å². The quantitative estimate of drug-likeness (QED) is 0.804. The lowest BCUT2D eigenvalue weighted by molar-refractivity contribution is -0.141. The fourth-order valence-electron chi connectivity index (χ4n) is 2.01. The van der Waals surface area contributed by atoms with Gasteiger partial charge in [0.15, 0.2) is 11.8 Å². The smallest absolute Gasteiger partial charge is 0.433 e. The van der Waals surface area contributed by atoms with E-state index in [1.165, 1.54) is 4.90 Å². The van der Waals surface area contributed by atoms with Crippen LogP contribution < -0.4 is 4.74 Å². The second kappa shape index (κ2) is 5.36. The van der Waals surface area contributed by atoms with Gasteiger partial charge in [-0.3, -0.25) is 4.90 Å². The van der Waals surface area contributed by atoms with Crippen molar-refractivity contribution in [2.45, 2.75) is 38.1 Å². The van der Waals surface area contributed by atoms with Crippen molar-refractivity contribution in [3.05, 3.63) is 18.1 Å². The van der Waals surface area contributed by atoms with Gasteiger partial charge in [0.1, 0.15) is 6.33 Å². The van der Waals surface area contributed by atoms with Crippen molar-refractivity contribution in [2.75, 3.05) is 13.1 Å². The second-order valence-corrected chi connectivity index (χ2v) is 5.13. The molecule has 1 fully saturated rings. The number of halogens is 5. The van der Waals surface area contributed by atoms with E-state index < -0.39 is 36.3 Å². The predicted octanol–water partition coefficient (Wildman–Crippen LogP) is 2.60. The van der Waals surface area contributed by atoms with Gasteiger partial charge < -0.3 is 4.74 Å². The average Bonchev–Trinajstić information content (AvgIpc) is 2.65. The maximum Gasteiger partial charge on any atom is 0.433 e. The highest BCUT2D eigenvalue weighted by molar-refractivity contribution is 5.17. The summed E-state index contributed by atoms with van der Waals surface area (Å²) in [4.78, 5) is 8.01. The molecule has 1 saturated heterocycles. The normalized spacial score (nSPS) is 22.8. The fraction of sp³-hybridized carbons (Fsp3) is 0.667. The van der Waals surface area contributed by atoms with E-state index in [2.05, 4.69) is 9.97 Å². The van der Waals surface area contributed by atoms with Gasteiger partial charge in [0.2, 0.25) is 5.88 Å². The first-order valence-electron chi connectivity index (χ1n) is 6.27. The minimum absolute atomic E-state index is 0.0734. The molecule has 21 heavy (non-hydrogen) atoms. The van der Waals surface area contributed by atoms with Crippen molar-refractivity contribution in [3.63, 3.8) is 0 Å². The largest absolute Gasteiger partial charge is 0.466 e. The van der Waals surface area contributed by atoms with Gasteiger partial charge in [-0.2, -0.15) is 13.2 Å². The highest BCUT2D eigenvalue weighted by atomic mass is 19.4.